The number of ketones is 1. The van der Waals surface area contributed by atoms with Crippen LogP contribution in [0.15, 0.2) is 30.3 Å². The maximum atomic E-state index is 12.6. The van der Waals surface area contributed by atoms with E-state index in [2.05, 4.69) is 4.57 Å². The van der Waals surface area contributed by atoms with Gasteiger partial charge in [-0.25, -0.2) is 4.79 Å². The van der Waals surface area contributed by atoms with Crippen molar-refractivity contribution < 1.29 is 23.8 Å². The summed E-state index contributed by atoms with van der Waals surface area (Å²) in [5, 5.41) is 0. The number of hydrogen-bond donors (Lipinski definition) is 0. The number of nitrogens with zero attached hydrogens (tertiary/aromatic N) is 1. The second kappa shape index (κ2) is 8.41. The number of Topliss-reactive ketones (excluding diaryl/α,β-unsaturated/α-hetero) is 1. The van der Waals surface area contributed by atoms with Gasteiger partial charge in [-0.05, 0) is 69.9 Å². The van der Waals surface area contributed by atoms with Crippen LogP contribution in [0.25, 0.3) is 0 Å². The molecule has 0 unspecified atom stereocenters. The summed E-state index contributed by atoms with van der Waals surface area (Å²) in [4.78, 5) is 24.8. The Balaban J connectivity index is 1.30. The minimum absolute atomic E-state index is 0.146. The zero-order chi connectivity index (χ0) is 20.4. The van der Waals surface area contributed by atoms with Crippen LogP contribution in [0.2, 0.25) is 0 Å². The minimum atomic E-state index is -0.514. The van der Waals surface area contributed by atoms with Gasteiger partial charge in [-0.2, -0.15) is 0 Å². The van der Waals surface area contributed by atoms with Crippen molar-refractivity contribution in [3.8, 4) is 5.75 Å². The third-order valence-electron chi connectivity index (χ3n) is 5.58. The lowest BCUT2D eigenvalue weighted by atomic mass is 10.1. The van der Waals surface area contributed by atoms with Crippen LogP contribution in [0.1, 0.15) is 63.8 Å². The van der Waals surface area contributed by atoms with E-state index in [1.807, 2.05) is 19.9 Å². The first-order chi connectivity index (χ1) is 14.0. The highest BCUT2D eigenvalue weighted by atomic mass is 16.5. The Morgan fingerprint density at radius 2 is 1.90 bits per heavy atom. The zero-order valence-corrected chi connectivity index (χ0v) is 17.0. The lowest BCUT2D eigenvalue weighted by Crippen LogP contribution is -2.16. The topological polar surface area (TPSA) is 66.8 Å². The minimum Gasteiger partial charge on any atom is -0.491 e. The van der Waals surface area contributed by atoms with Crippen molar-refractivity contribution in [1.29, 1.82) is 0 Å². The van der Waals surface area contributed by atoms with E-state index in [0.717, 1.165) is 43.7 Å². The van der Waals surface area contributed by atoms with Crippen LogP contribution >= 0.6 is 0 Å². The van der Waals surface area contributed by atoms with Gasteiger partial charge < -0.3 is 18.8 Å². The van der Waals surface area contributed by atoms with Crippen molar-refractivity contribution >= 4 is 11.8 Å². The molecular formula is C23H27NO5. The molecule has 1 aliphatic carbocycles. The van der Waals surface area contributed by atoms with Gasteiger partial charge in [0, 0.05) is 29.6 Å². The van der Waals surface area contributed by atoms with E-state index < -0.39 is 5.97 Å². The first kappa shape index (κ1) is 19.7. The van der Waals surface area contributed by atoms with E-state index in [0.29, 0.717) is 29.5 Å². The third kappa shape index (κ3) is 4.53. The maximum Gasteiger partial charge on any atom is 0.338 e. The lowest BCUT2D eigenvalue weighted by molar-refractivity contribution is 0.0474. The molecule has 0 amide bonds. The predicted octanol–water partition coefficient (Wildman–Crippen LogP) is 4.04. The molecule has 1 atom stereocenters. The molecule has 2 heterocycles. The van der Waals surface area contributed by atoms with Crippen LogP contribution in [0.5, 0.6) is 5.75 Å². The summed E-state index contributed by atoms with van der Waals surface area (Å²) in [6.45, 7) is 5.01. The van der Waals surface area contributed by atoms with Gasteiger partial charge >= 0.3 is 5.97 Å². The zero-order valence-electron chi connectivity index (χ0n) is 17.0. The smallest absolute Gasteiger partial charge is 0.338 e. The SMILES string of the molecule is Cc1cc(C(=O)COC(=O)c2ccc(OC[C@H]3CCCO3)cc2)c(C)n1C1CC1. The molecule has 1 aromatic carbocycles. The normalized spacial score (nSPS) is 18.6. The van der Waals surface area contributed by atoms with Gasteiger partial charge in [-0.3, -0.25) is 4.79 Å². The van der Waals surface area contributed by atoms with E-state index in [1.165, 1.54) is 0 Å². The summed E-state index contributed by atoms with van der Waals surface area (Å²) in [5.41, 5.74) is 3.07. The van der Waals surface area contributed by atoms with Crippen LogP contribution in [-0.2, 0) is 9.47 Å². The Morgan fingerprint density at radius 1 is 1.14 bits per heavy atom. The molecule has 1 aliphatic heterocycles. The summed E-state index contributed by atoms with van der Waals surface area (Å²) >= 11 is 0. The molecule has 6 heteroatoms. The van der Waals surface area contributed by atoms with E-state index in [-0.39, 0.29) is 18.5 Å². The predicted molar refractivity (Wildman–Crippen MR) is 108 cm³/mol. The number of carbonyl (C=O) groups excluding carboxylic acids is 2. The average Bonchev–Trinajstić information content (AvgIpc) is 3.31. The highest BCUT2D eigenvalue weighted by molar-refractivity contribution is 6.00. The lowest BCUT2D eigenvalue weighted by Gasteiger charge is -2.11. The summed E-state index contributed by atoms with van der Waals surface area (Å²) in [5.74, 6) is -0.00413. The monoisotopic (exact) mass is 397 g/mol. The van der Waals surface area contributed by atoms with Crippen LogP contribution < -0.4 is 4.74 Å². The number of aromatic nitrogens is 1. The summed E-state index contributed by atoms with van der Waals surface area (Å²) in [6, 6.07) is 9.17. The maximum absolute atomic E-state index is 12.6. The van der Waals surface area contributed by atoms with Crippen LogP contribution in [0.4, 0.5) is 0 Å². The van der Waals surface area contributed by atoms with Crippen molar-refractivity contribution in [1.82, 2.24) is 4.57 Å². The average molecular weight is 397 g/mol. The fourth-order valence-corrected chi connectivity index (χ4v) is 3.90. The van der Waals surface area contributed by atoms with Crippen molar-refractivity contribution in [3.05, 3.63) is 52.8 Å². The van der Waals surface area contributed by atoms with E-state index in [9.17, 15) is 9.59 Å². The fourth-order valence-electron chi connectivity index (χ4n) is 3.90. The van der Waals surface area contributed by atoms with Crippen molar-refractivity contribution in [2.24, 2.45) is 0 Å². The van der Waals surface area contributed by atoms with Gasteiger partial charge in [0.05, 0.1) is 11.7 Å². The third-order valence-corrected chi connectivity index (χ3v) is 5.58. The molecule has 2 fully saturated rings. The van der Waals surface area contributed by atoms with Crippen molar-refractivity contribution in [2.75, 3.05) is 19.8 Å². The quantitative estimate of drug-likeness (QED) is 0.497. The molecule has 0 radical (unpaired) electrons. The largest absolute Gasteiger partial charge is 0.491 e. The van der Waals surface area contributed by atoms with Crippen molar-refractivity contribution in [2.45, 2.75) is 51.7 Å². The molecule has 4 rings (SSSR count). The number of rotatable bonds is 8. The molecule has 1 saturated heterocycles. The second-order valence-corrected chi connectivity index (χ2v) is 7.86. The van der Waals surface area contributed by atoms with E-state index in [1.54, 1.807) is 24.3 Å². The number of esters is 1. The molecule has 154 valence electrons. The highest BCUT2D eigenvalue weighted by Crippen LogP contribution is 2.38. The Bertz CT molecular complexity index is 889. The Morgan fingerprint density at radius 3 is 2.55 bits per heavy atom. The molecule has 2 aromatic rings. The number of ether oxygens (including phenoxy) is 3. The number of hydrogen-bond acceptors (Lipinski definition) is 5. The highest BCUT2D eigenvalue weighted by Gasteiger charge is 2.28. The Hall–Kier alpha value is -2.60. The Labute approximate surface area is 170 Å². The molecule has 29 heavy (non-hydrogen) atoms. The van der Waals surface area contributed by atoms with Crippen molar-refractivity contribution in [3.63, 3.8) is 0 Å². The Kier molecular flexibility index (Phi) is 5.72. The number of carbonyl (C=O) groups is 2. The number of benzene rings is 1. The van der Waals surface area contributed by atoms with E-state index in [4.69, 9.17) is 14.2 Å². The van der Waals surface area contributed by atoms with Gasteiger partial charge in [0.25, 0.3) is 0 Å². The summed E-state index contributed by atoms with van der Waals surface area (Å²) in [7, 11) is 0. The molecule has 1 aromatic heterocycles. The van der Waals surface area contributed by atoms with E-state index >= 15 is 0 Å². The van der Waals surface area contributed by atoms with Crippen LogP contribution in [0, 0.1) is 13.8 Å². The molecule has 0 bridgehead atoms. The van der Waals surface area contributed by atoms with Gasteiger partial charge in [-0.15, -0.1) is 0 Å². The van der Waals surface area contributed by atoms with Gasteiger partial charge in [0.15, 0.2) is 6.61 Å². The van der Waals surface area contributed by atoms with Crippen LogP contribution in [-0.4, -0.2) is 42.2 Å². The fraction of sp³-hybridized carbons (Fsp3) is 0.478. The number of aryl methyl sites for hydroxylation is 1. The standard InChI is InChI=1S/C23H27NO5/c1-15-12-21(16(2)24(15)18-7-8-18)22(25)14-29-23(26)17-5-9-19(10-6-17)28-13-20-4-3-11-27-20/h5-6,9-10,12,18,20H,3-4,7-8,11,13-14H2,1-2H3/t20-/m1/s1. The molecular weight excluding hydrogens is 370 g/mol. The van der Waals surface area contributed by atoms with Crippen LogP contribution in [0.3, 0.4) is 0 Å². The summed E-state index contributed by atoms with van der Waals surface area (Å²) < 4.78 is 18.7. The molecule has 0 spiro atoms. The van der Waals surface area contributed by atoms with Gasteiger partial charge in [0.1, 0.15) is 12.4 Å². The van der Waals surface area contributed by atoms with Gasteiger partial charge in [-0.1, -0.05) is 0 Å². The molecule has 2 aliphatic rings. The molecule has 6 nitrogen and oxygen atoms in total. The first-order valence-electron chi connectivity index (χ1n) is 10.3. The van der Waals surface area contributed by atoms with Gasteiger partial charge in [0.2, 0.25) is 5.78 Å². The molecule has 1 saturated carbocycles. The summed E-state index contributed by atoms with van der Waals surface area (Å²) in [6.07, 6.45) is 4.55. The first-order valence-corrected chi connectivity index (χ1v) is 10.3. The molecule has 0 N–H and O–H groups in total. The second-order valence-electron chi connectivity index (χ2n) is 7.86.